The minimum Gasteiger partial charge on any atom is -0.368 e. The average Bonchev–Trinajstić information content (AvgIpc) is 3.06. The first kappa shape index (κ1) is 12.9. The number of aromatic nitrogens is 4. The molecular weight excluding hydrogens is 272 g/mol. The Labute approximate surface area is 119 Å². The molecule has 0 saturated heterocycles. The Morgan fingerprint density at radius 3 is 3.05 bits per heavy atom. The third-order valence-electron chi connectivity index (χ3n) is 2.89. The predicted octanol–water partition coefficient (Wildman–Crippen LogP) is 0.497. The number of amides is 2. The molecule has 106 valence electrons. The van der Waals surface area contributed by atoms with E-state index >= 15 is 0 Å². The summed E-state index contributed by atoms with van der Waals surface area (Å²) in [5.41, 5.74) is 7.64. The molecule has 2 amide bonds. The first-order valence-electron chi connectivity index (χ1n) is 6.17. The molecule has 21 heavy (non-hydrogen) atoms. The fraction of sp³-hybridized carbons (Fsp3) is 0.0769. The Balaban J connectivity index is 1.76. The molecule has 8 heteroatoms. The molecule has 0 aliphatic carbocycles. The lowest BCUT2D eigenvalue weighted by molar-refractivity contribution is -0.118. The Hall–Kier alpha value is -3.16. The largest absolute Gasteiger partial charge is 0.368 e. The summed E-state index contributed by atoms with van der Waals surface area (Å²) in [6.45, 7) is -0.0318. The van der Waals surface area contributed by atoms with E-state index in [4.69, 9.17) is 5.73 Å². The van der Waals surface area contributed by atoms with Crippen LogP contribution in [0, 0.1) is 0 Å². The zero-order valence-electron chi connectivity index (χ0n) is 10.9. The number of carbonyl (C=O) groups excluding carboxylic acids is 2. The Morgan fingerprint density at radius 1 is 1.38 bits per heavy atom. The number of imidazole rings is 1. The van der Waals surface area contributed by atoms with Crippen molar-refractivity contribution in [3.8, 4) is 0 Å². The van der Waals surface area contributed by atoms with Gasteiger partial charge in [0, 0.05) is 11.8 Å². The molecule has 3 rings (SSSR count). The maximum Gasteiger partial charge on any atom is 0.255 e. The maximum atomic E-state index is 12.1. The summed E-state index contributed by atoms with van der Waals surface area (Å²) < 4.78 is 1.36. The van der Waals surface area contributed by atoms with Gasteiger partial charge >= 0.3 is 0 Å². The highest BCUT2D eigenvalue weighted by Crippen LogP contribution is 2.13. The van der Waals surface area contributed by atoms with E-state index in [9.17, 15) is 9.59 Å². The highest BCUT2D eigenvalue weighted by molar-refractivity contribution is 6.05. The van der Waals surface area contributed by atoms with E-state index in [1.54, 1.807) is 24.5 Å². The lowest BCUT2D eigenvalue weighted by Crippen LogP contribution is -2.18. The van der Waals surface area contributed by atoms with Crippen LogP contribution in [0.1, 0.15) is 10.4 Å². The molecule has 2 heterocycles. The second-order valence-electron chi connectivity index (χ2n) is 4.48. The SMILES string of the molecule is NC(=O)Cn1cc(NC(=O)c2ccc3nc[nH]c3c2)cn1. The third kappa shape index (κ3) is 2.73. The number of carbonyl (C=O) groups is 2. The number of nitrogens with one attached hydrogen (secondary N) is 2. The quantitative estimate of drug-likeness (QED) is 0.646. The number of benzene rings is 1. The highest BCUT2D eigenvalue weighted by atomic mass is 16.2. The van der Waals surface area contributed by atoms with Gasteiger partial charge in [0.15, 0.2) is 0 Å². The van der Waals surface area contributed by atoms with Crippen molar-refractivity contribution in [3.05, 3.63) is 42.5 Å². The summed E-state index contributed by atoms with van der Waals surface area (Å²) in [6.07, 6.45) is 4.56. The number of fused-ring (bicyclic) bond motifs is 1. The van der Waals surface area contributed by atoms with Crippen LogP contribution in [0.4, 0.5) is 5.69 Å². The minimum absolute atomic E-state index is 0.0318. The standard InChI is InChI=1S/C13H12N6O2/c14-12(20)6-19-5-9(4-17-19)18-13(21)8-1-2-10-11(3-8)16-7-15-10/h1-5,7H,6H2,(H2,14,20)(H,15,16)(H,18,21). The van der Waals surface area contributed by atoms with Gasteiger partial charge in [0.2, 0.25) is 5.91 Å². The molecule has 2 aromatic heterocycles. The molecule has 0 spiro atoms. The molecule has 8 nitrogen and oxygen atoms in total. The van der Waals surface area contributed by atoms with Crippen LogP contribution in [0.5, 0.6) is 0 Å². The summed E-state index contributed by atoms with van der Waals surface area (Å²) >= 11 is 0. The minimum atomic E-state index is -0.499. The summed E-state index contributed by atoms with van der Waals surface area (Å²) in [5, 5.41) is 6.63. The van der Waals surface area contributed by atoms with Crippen LogP contribution >= 0.6 is 0 Å². The number of aromatic amines is 1. The van der Waals surface area contributed by atoms with Gasteiger partial charge in [-0.15, -0.1) is 0 Å². The first-order chi connectivity index (χ1) is 10.1. The van der Waals surface area contributed by atoms with E-state index in [0.29, 0.717) is 11.3 Å². The number of H-pyrrole nitrogens is 1. The smallest absolute Gasteiger partial charge is 0.255 e. The summed E-state index contributed by atoms with van der Waals surface area (Å²) in [7, 11) is 0. The number of rotatable bonds is 4. The maximum absolute atomic E-state index is 12.1. The van der Waals surface area contributed by atoms with Gasteiger partial charge < -0.3 is 16.0 Å². The fourth-order valence-corrected chi connectivity index (χ4v) is 1.95. The highest BCUT2D eigenvalue weighted by Gasteiger charge is 2.09. The zero-order valence-corrected chi connectivity index (χ0v) is 10.9. The van der Waals surface area contributed by atoms with E-state index in [2.05, 4.69) is 20.4 Å². The van der Waals surface area contributed by atoms with Crippen LogP contribution in [-0.2, 0) is 11.3 Å². The summed E-state index contributed by atoms with van der Waals surface area (Å²) in [6, 6.07) is 5.16. The number of nitrogens with two attached hydrogens (primary N) is 1. The molecule has 0 atom stereocenters. The molecule has 0 saturated carbocycles. The van der Waals surface area contributed by atoms with Gasteiger partial charge in [-0.25, -0.2) is 4.98 Å². The van der Waals surface area contributed by atoms with Gasteiger partial charge in [-0.05, 0) is 18.2 Å². The fourth-order valence-electron chi connectivity index (χ4n) is 1.95. The molecule has 0 unspecified atom stereocenters. The lowest BCUT2D eigenvalue weighted by Gasteiger charge is -2.02. The topological polar surface area (TPSA) is 119 Å². The van der Waals surface area contributed by atoms with Crippen molar-refractivity contribution in [2.24, 2.45) is 5.73 Å². The molecule has 0 aliphatic rings. The Kier molecular flexibility index (Phi) is 3.11. The third-order valence-corrected chi connectivity index (χ3v) is 2.89. The van der Waals surface area contributed by atoms with Crippen molar-refractivity contribution >= 4 is 28.5 Å². The normalized spacial score (nSPS) is 10.7. The number of anilines is 1. The molecule has 0 aliphatic heterocycles. The molecule has 0 bridgehead atoms. The van der Waals surface area contributed by atoms with Gasteiger partial charge in [0.05, 0.1) is 29.2 Å². The van der Waals surface area contributed by atoms with Crippen molar-refractivity contribution in [3.63, 3.8) is 0 Å². The van der Waals surface area contributed by atoms with Crippen molar-refractivity contribution in [2.75, 3.05) is 5.32 Å². The number of hydrogen-bond acceptors (Lipinski definition) is 4. The van der Waals surface area contributed by atoms with E-state index in [0.717, 1.165) is 11.0 Å². The van der Waals surface area contributed by atoms with Crippen LogP contribution in [0.15, 0.2) is 36.9 Å². The van der Waals surface area contributed by atoms with Crippen molar-refractivity contribution in [1.82, 2.24) is 19.7 Å². The molecule has 3 aromatic rings. The zero-order chi connectivity index (χ0) is 14.8. The van der Waals surface area contributed by atoms with Gasteiger partial charge in [0.25, 0.3) is 5.91 Å². The predicted molar refractivity (Wildman–Crippen MR) is 75.5 cm³/mol. The van der Waals surface area contributed by atoms with Crippen LogP contribution < -0.4 is 11.1 Å². The van der Waals surface area contributed by atoms with Gasteiger partial charge in [0.1, 0.15) is 6.54 Å². The van der Waals surface area contributed by atoms with Crippen LogP contribution in [-0.4, -0.2) is 31.6 Å². The Morgan fingerprint density at radius 2 is 2.24 bits per heavy atom. The second kappa shape index (κ2) is 5.08. The molecule has 0 fully saturated rings. The van der Waals surface area contributed by atoms with Crippen molar-refractivity contribution < 1.29 is 9.59 Å². The molecule has 4 N–H and O–H groups in total. The van der Waals surface area contributed by atoms with E-state index in [-0.39, 0.29) is 12.5 Å². The van der Waals surface area contributed by atoms with Gasteiger partial charge in [-0.3, -0.25) is 14.3 Å². The lowest BCUT2D eigenvalue weighted by atomic mass is 10.2. The molecule has 0 radical (unpaired) electrons. The molecule has 1 aromatic carbocycles. The van der Waals surface area contributed by atoms with Crippen LogP contribution in [0.3, 0.4) is 0 Å². The van der Waals surface area contributed by atoms with Gasteiger partial charge in [-0.1, -0.05) is 0 Å². The van der Waals surface area contributed by atoms with E-state index in [1.807, 2.05) is 0 Å². The Bertz CT molecular complexity index is 819. The number of hydrogen-bond donors (Lipinski definition) is 3. The van der Waals surface area contributed by atoms with Gasteiger partial charge in [-0.2, -0.15) is 5.10 Å². The second-order valence-corrected chi connectivity index (χ2v) is 4.48. The number of primary amides is 1. The monoisotopic (exact) mass is 284 g/mol. The first-order valence-corrected chi connectivity index (χ1v) is 6.17. The summed E-state index contributed by atoms with van der Waals surface area (Å²) in [5.74, 6) is -0.772. The number of nitrogens with zero attached hydrogens (tertiary/aromatic N) is 3. The average molecular weight is 284 g/mol. The summed E-state index contributed by atoms with van der Waals surface area (Å²) in [4.78, 5) is 30.0. The van der Waals surface area contributed by atoms with Crippen LogP contribution in [0.2, 0.25) is 0 Å². The van der Waals surface area contributed by atoms with Crippen molar-refractivity contribution in [2.45, 2.75) is 6.54 Å². The van der Waals surface area contributed by atoms with E-state index < -0.39 is 5.91 Å². The van der Waals surface area contributed by atoms with Crippen molar-refractivity contribution in [1.29, 1.82) is 0 Å². The van der Waals surface area contributed by atoms with E-state index in [1.165, 1.54) is 17.1 Å². The van der Waals surface area contributed by atoms with Crippen LogP contribution in [0.25, 0.3) is 11.0 Å². The molecular formula is C13H12N6O2.